The highest BCUT2D eigenvalue weighted by atomic mass is 79.9. The molecule has 0 fully saturated rings. The Morgan fingerprint density at radius 3 is 0.528 bits per heavy atom. The molecule has 0 aliphatic rings. The van der Waals surface area contributed by atoms with Crippen molar-refractivity contribution in [3.63, 3.8) is 0 Å². The van der Waals surface area contributed by atoms with Crippen LogP contribution in [0.3, 0.4) is 0 Å². The second-order valence-electron chi connectivity index (χ2n) is 10.9. The molecule has 0 aromatic carbocycles. The van der Waals surface area contributed by atoms with E-state index in [1.54, 1.807) is 0 Å². The van der Waals surface area contributed by atoms with Crippen molar-refractivity contribution < 1.29 is 45.4 Å². The van der Waals surface area contributed by atoms with Gasteiger partial charge in [0.2, 0.25) is 0 Å². The lowest BCUT2D eigenvalue weighted by Gasteiger charge is -2.02. The summed E-state index contributed by atoms with van der Waals surface area (Å²) in [7, 11) is 0. The van der Waals surface area contributed by atoms with Crippen LogP contribution in [-0.2, 0) is 0 Å². The van der Waals surface area contributed by atoms with Gasteiger partial charge in [-0.2, -0.15) is 0 Å². The van der Waals surface area contributed by atoms with Gasteiger partial charge in [-0.3, -0.25) is 0 Å². The maximum absolute atomic E-state index is 3.88. The largest absolute Gasteiger partial charge is 1.00 e. The second kappa shape index (κ2) is 45.8. The van der Waals surface area contributed by atoms with Gasteiger partial charge < -0.3 is 45.4 Å². The molecule has 6 N–H and O–H groups in total. The standard InChI is InChI=1S/2C16H35N.2BrH/c2*1-2-3-4-5-6-7-8-9-10-11-12-13-14-15-16-17;;/h2*2-17H2,1H3;2*1H. The number of halogens is 2. The van der Waals surface area contributed by atoms with E-state index in [1.807, 2.05) is 0 Å². The third-order valence-electron chi connectivity index (χ3n) is 7.21. The molecule has 0 unspecified atom stereocenters. The van der Waals surface area contributed by atoms with Gasteiger partial charge in [-0.15, -0.1) is 0 Å². The Morgan fingerprint density at radius 2 is 0.389 bits per heavy atom. The summed E-state index contributed by atoms with van der Waals surface area (Å²) in [6, 6.07) is 0. The number of quaternary nitrogens is 2. The maximum Gasteiger partial charge on any atom is 0.0739 e. The highest BCUT2D eigenvalue weighted by molar-refractivity contribution is 4.50. The van der Waals surface area contributed by atoms with E-state index in [4.69, 9.17) is 0 Å². The van der Waals surface area contributed by atoms with Crippen LogP contribution in [0, 0.1) is 0 Å². The summed E-state index contributed by atoms with van der Waals surface area (Å²) in [6.07, 6.45) is 40.4. The van der Waals surface area contributed by atoms with Gasteiger partial charge >= 0.3 is 0 Å². The molecule has 0 aliphatic heterocycles. The molecule has 4 heteroatoms. The zero-order valence-corrected chi connectivity index (χ0v) is 28.6. The first-order chi connectivity index (χ1) is 16.8. The molecular formula is C32H72Br2N2. The molecule has 0 atom stereocenters. The van der Waals surface area contributed by atoms with Crippen LogP contribution >= 0.6 is 0 Å². The fourth-order valence-corrected chi connectivity index (χ4v) is 4.74. The lowest BCUT2D eigenvalue weighted by atomic mass is 10.0. The van der Waals surface area contributed by atoms with E-state index in [0.29, 0.717) is 0 Å². The highest BCUT2D eigenvalue weighted by Gasteiger charge is 1.95. The summed E-state index contributed by atoms with van der Waals surface area (Å²) in [5.41, 5.74) is 7.76. The van der Waals surface area contributed by atoms with Crippen LogP contribution < -0.4 is 45.4 Å². The summed E-state index contributed by atoms with van der Waals surface area (Å²) >= 11 is 0. The molecule has 0 bridgehead atoms. The van der Waals surface area contributed by atoms with Gasteiger partial charge in [-0.1, -0.05) is 168 Å². The monoisotopic (exact) mass is 642 g/mol. The fraction of sp³-hybridized carbons (Fsp3) is 1.00. The molecule has 0 spiro atoms. The van der Waals surface area contributed by atoms with Gasteiger partial charge in [-0.05, 0) is 25.7 Å². The minimum atomic E-state index is 0. The van der Waals surface area contributed by atoms with E-state index in [2.05, 4.69) is 25.3 Å². The van der Waals surface area contributed by atoms with E-state index in [0.717, 1.165) is 13.1 Å². The minimum absolute atomic E-state index is 0. The Hall–Kier alpha value is 0.880. The smallest absolute Gasteiger partial charge is 0.0739 e. The number of hydrogen-bond acceptors (Lipinski definition) is 0. The number of unbranched alkanes of at least 4 members (excludes halogenated alkanes) is 26. The molecule has 0 aromatic rings. The van der Waals surface area contributed by atoms with Gasteiger partial charge in [0.05, 0.1) is 13.1 Å². The molecule has 0 rings (SSSR count). The topological polar surface area (TPSA) is 55.3 Å². The summed E-state index contributed by atoms with van der Waals surface area (Å²) in [6.45, 7) is 6.82. The van der Waals surface area contributed by atoms with Crippen LogP contribution in [0.1, 0.15) is 194 Å². The molecule has 36 heavy (non-hydrogen) atoms. The van der Waals surface area contributed by atoms with Crippen molar-refractivity contribution >= 4 is 0 Å². The van der Waals surface area contributed by atoms with Gasteiger partial charge in [-0.25, -0.2) is 0 Å². The number of rotatable bonds is 28. The molecule has 0 radical (unpaired) electrons. The first-order valence-corrected chi connectivity index (χ1v) is 16.4. The van der Waals surface area contributed by atoms with Crippen LogP contribution in [0.4, 0.5) is 0 Å². The molecular weight excluding hydrogens is 572 g/mol. The molecule has 0 saturated carbocycles. The van der Waals surface area contributed by atoms with E-state index < -0.39 is 0 Å². The second-order valence-corrected chi connectivity index (χ2v) is 10.9. The summed E-state index contributed by atoms with van der Waals surface area (Å²) < 4.78 is 0. The zero-order chi connectivity index (χ0) is 25.2. The average molecular weight is 645 g/mol. The van der Waals surface area contributed by atoms with E-state index in [9.17, 15) is 0 Å². The van der Waals surface area contributed by atoms with Crippen molar-refractivity contribution in [2.24, 2.45) is 0 Å². The van der Waals surface area contributed by atoms with Gasteiger partial charge in [0.25, 0.3) is 0 Å². The third-order valence-corrected chi connectivity index (χ3v) is 7.21. The lowest BCUT2D eigenvalue weighted by Crippen LogP contribution is -3.00. The average Bonchev–Trinajstić information content (AvgIpc) is 2.85. The lowest BCUT2D eigenvalue weighted by molar-refractivity contribution is -0.368. The number of hydrogen-bond donors (Lipinski definition) is 2. The van der Waals surface area contributed by atoms with Crippen molar-refractivity contribution in [2.45, 2.75) is 194 Å². The highest BCUT2D eigenvalue weighted by Crippen LogP contribution is 2.13. The third kappa shape index (κ3) is 48.0. The molecule has 224 valence electrons. The zero-order valence-electron chi connectivity index (χ0n) is 25.4. The van der Waals surface area contributed by atoms with Crippen molar-refractivity contribution in [1.82, 2.24) is 0 Å². The van der Waals surface area contributed by atoms with Crippen molar-refractivity contribution in [1.29, 1.82) is 0 Å². The molecule has 2 nitrogen and oxygen atoms in total. The maximum atomic E-state index is 3.88. The molecule has 0 saturated heterocycles. The minimum Gasteiger partial charge on any atom is -1.00 e. The SMILES string of the molecule is CCCCCCCCCCCCCCCC[NH3+].CCCCCCCCCCCCCCCC[NH3+].[Br-].[Br-]. The fourth-order valence-electron chi connectivity index (χ4n) is 4.74. The van der Waals surface area contributed by atoms with Crippen LogP contribution in [0.25, 0.3) is 0 Å². The van der Waals surface area contributed by atoms with Gasteiger partial charge in [0.1, 0.15) is 0 Å². The Kier molecular flexibility index (Phi) is 55.8. The van der Waals surface area contributed by atoms with Gasteiger partial charge in [0.15, 0.2) is 0 Å². The van der Waals surface area contributed by atoms with Crippen LogP contribution in [0.5, 0.6) is 0 Å². The van der Waals surface area contributed by atoms with Crippen LogP contribution in [0.2, 0.25) is 0 Å². The molecule has 0 aromatic heterocycles. The quantitative estimate of drug-likeness (QED) is 0.123. The van der Waals surface area contributed by atoms with E-state index >= 15 is 0 Å². The molecule has 0 amide bonds. The normalized spacial score (nSPS) is 10.3. The molecule has 0 heterocycles. The van der Waals surface area contributed by atoms with Crippen LogP contribution in [-0.4, -0.2) is 13.1 Å². The van der Waals surface area contributed by atoms with Crippen LogP contribution in [0.15, 0.2) is 0 Å². The Morgan fingerprint density at radius 1 is 0.250 bits per heavy atom. The van der Waals surface area contributed by atoms with E-state index in [-0.39, 0.29) is 34.0 Å². The first kappa shape index (κ1) is 43.9. The Balaban J connectivity index is -0.000000269. The Bertz CT molecular complexity index is 259. The first-order valence-electron chi connectivity index (χ1n) is 16.4. The predicted molar refractivity (Wildman–Crippen MR) is 156 cm³/mol. The van der Waals surface area contributed by atoms with Gasteiger partial charge in [0, 0.05) is 0 Å². The van der Waals surface area contributed by atoms with E-state index in [1.165, 1.54) is 180 Å². The molecule has 0 aliphatic carbocycles. The summed E-state index contributed by atoms with van der Waals surface area (Å²) in [5.74, 6) is 0. The van der Waals surface area contributed by atoms with Crippen molar-refractivity contribution in [3.05, 3.63) is 0 Å². The summed E-state index contributed by atoms with van der Waals surface area (Å²) in [5, 5.41) is 0. The Labute approximate surface area is 251 Å². The van der Waals surface area contributed by atoms with Crippen molar-refractivity contribution in [3.8, 4) is 0 Å². The summed E-state index contributed by atoms with van der Waals surface area (Å²) in [4.78, 5) is 0. The predicted octanol–water partition coefficient (Wildman–Crippen LogP) is 3.43. The van der Waals surface area contributed by atoms with Crippen molar-refractivity contribution in [2.75, 3.05) is 13.1 Å².